The summed E-state index contributed by atoms with van der Waals surface area (Å²) in [6.07, 6.45) is 3.00. The molecule has 1 amide bonds. The van der Waals surface area contributed by atoms with E-state index in [0.29, 0.717) is 12.1 Å². The molecule has 8 heteroatoms. The molecule has 4 N–H and O–H groups in total. The Morgan fingerprint density at radius 1 is 1.22 bits per heavy atom. The largest absolute Gasteiger partial charge is 0.329 e. The Hall–Kier alpha value is -1.15. The maximum Gasteiger partial charge on any atom is 0.240 e. The molecule has 1 atom stereocenters. The number of rotatable bonds is 9. The second kappa shape index (κ2) is 10.6. The zero-order valence-corrected chi connectivity index (χ0v) is 15.2. The summed E-state index contributed by atoms with van der Waals surface area (Å²) in [5.41, 5.74) is 6.19. The molecular weight excluding hydrogens is 338 g/mol. The molecule has 0 aromatic heterocycles. The van der Waals surface area contributed by atoms with E-state index in [-0.39, 0.29) is 35.8 Å². The fraction of sp³-hybridized carbons (Fsp3) is 0.533. The van der Waals surface area contributed by atoms with Crippen molar-refractivity contribution in [1.29, 1.82) is 0 Å². The first-order valence-corrected chi connectivity index (χ1v) is 9.03. The van der Waals surface area contributed by atoms with Crippen LogP contribution in [-0.2, 0) is 14.8 Å². The van der Waals surface area contributed by atoms with Crippen LogP contribution in [0.3, 0.4) is 0 Å². The molecule has 0 bridgehead atoms. The summed E-state index contributed by atoms with van der Waals surface area (Å²) in [6.45, 7) is 4.07. The maximum absolute atomic E-state index is 12.3. The highest BCUT2D eigenvalue weighted by Crippen LogP contribution is 2.15. The molecule has 1 unspecified atom stereocenters. The van der Waals surface area contributed by atoms with Gasteiger partial charge in [-0.3, -0.25) is 4.79 Å². The van der Waals surface area contributed by atoms with Crippen molar-refractivity contribution < 1.29 is 13.2 Å². The normalized spacial score (nSPS) is 12.3. The van der Waals surface area contributed by atoms with Crippen LogP contribution in [-0.4, -0.2) is 26.9 Å². The number of carbonyl (C=O) groups excluding carboxylic acids is 1. The number of sulfonamides is 1. The van der Waals surface area contributed by atoms with Crippen molar-refractivity contribution in [3.05, 3.63) is 24.3 Å². The van der Waals surface area contributed by atoms with E-state index in [2.05, 4.69) is 10.0 Å². The summed E-state index contributed by atoms with van der Waals surface area (Å²) in [7, 11) is -3.60. The number of amides is 1. The fourth-order valence-corrected chi connectivity index (χ4v) is 3.21. The Kier molecular flexibility index (Phi) is 10.1. The van der Waals surface area contributed by atoms with E-state index in [1.54, 1.807) is 19.1 Å². The van der Waals surface area contributed by atoms with Crippen LogP contribution in [0.25, 0.3) is 0 Å². The molecule has 0 saturated carbocycles. The molecule has 0 spiro atoms. The standard InChI is InChI=1S/C15H25N3O3S.ClH/c1-3-5-6-13(11-16)18-22(20,21)14-9-7-12(8-10-14)17-15(19)4-2;/h7-10,13,18H,3-6,11,16H2,1-2H3,(H,17,19);1H. The average molecular weight is 364 g/mol. The first-order valence-electron chi connectivity index (χ1n) is 7.55. The Morgan fingerprint density at radius 3 is 2.30 bits per heavy atom. The van der Waals surface area contributed by atoms with Gasteiger partial charge in [-0.15, -0.1) is 12.4 Å². The highest BCUT2D eigenvalue weighted by atomic mass is 35.5. The predicted molar refractivity (Wildman–Crippen MR) is 95.3 cm³/mol. The molecule has 132 valence electrons. The van der Waals surface area contributed by atoms with Gasteiger partial charge in [0.05, 0.1) is 4.90 Å². The van der Waals surface area contributed by atoms with Crippen LogP contribution < -0.4 is 15.8 Å². The van der Waals surface area contributed by atoms with Gasteiger partial charge in [0.1, 0.15) is 0 Å². The lowest BCUT2D eigenvalue weighted by Crippen LogP contribution is -2.40. The molecule has 0 saturated heterocycles. The Labute approximate surface area is 144 Å². The van der Waals surface area contributed by atoms with Gasteiger partial charge in [0.25, 0.3) is 0 Å². The number of hydrogen-bond donors (Lipinski definition) is 3. The topological polar surface area (TPSA) is 101 Å². The summed E-state index contributed by atoms with van der Waals surface area (Å²) in [4.78, 5) is 11.5. The van der Waals surface area contributed by atoms with Gasteiger partial charge < -0.3 is 11.1 Å². The zero-order valence-electron chi connectivity index (χ0n) is 13.5. The van der Waals surface area contributed by atoms with Crippen LogP contribution in [0.2, 0.25) is 0 Å². The average Bonchev–Trinajstić information content (AvgIpc) is 2.51. The molecule has 0 aliphatic rings. The second-order valence-corrected chi connectivity index (χ2v) is 6.84. The Bertz CT molecular complexity index is 576. The third-order valence-electron chi connectivity index (χ3n) is 3.28. The lowest BCUT2D eigenvalue weighted by Gasteiger charge is -2.16. The Balaban J connectivity index is 0.00000484. The number of nitrogens with one attached hydrogen (secondary N) is 2. The monoisotopic (exact) mass is 363 g/mol. The van der Waals surface area contributed by atoms with E-state index in [1.165, 1.54) is 12.1 Å². The van der Waals surface area contributed by atoms with E-state index in [0.717, 1.165) is 19.3 Å². The van der Waals surface area contributed by atoms with Crippen LogP contribution in [0.1, 0.15) is 39.5 Å². The van der Waals surface area contributed by atoms with Crippen LogP contribution in [0.4, 0.5) is 5.69 Å². The SMILES string of the molecule is CCCCC(CN)NS(=O)(=O)c1ccc(NC(=O)CC)cc1.Cl. The summed E-state index contributed by atoms with van der Waals surface area (Å²) < 4.78 is 27.2. The van der Waals surface area contributed by atoms with Crippen LogP contribution in [0.15, 0.2) is 29.2 Å². The van der Waals surface area contributed by atoms with Crippen molar-refractivity contribution in [1.82, 2.24) is 4.72 Å². The summed E-state index contributed by atoms with van der Waals surface area (Å²) >= 11 is 0. The van der Waals surface area contributed by atoms with Crippen LogP contribution in [0, 0.1) is 0 Å². The number of nitrogens with two attached hydrogens (primary N) is 1. The number of benzene rings is 1. The number of hydrogen-bond acceptors (Lipinski definition) is 4. The van der Waals surface area contributed by atoms with Gasteiger partial charge >= 0.3 is 0 Å². The lowest BCUT2D eigenvalue weighted by atomic mass is 10.1. The smallest absolute Gasteiger partial charge is 0.240 e. The van der Waals surface area contributed by atoms with E-state index in [1.807, 2.05) is 6.92 Å². The number of carbonyl (C=O) groups is 1. The van der Waals surface area contributed by atoms with Gasteiger partial charge in [0.2, 0.25) is 15.9 Å². The van der Waals surface area contributed by atoms with Gasteiger partial charge in [0, 0.05) is 24.7 Å². The van der Waals surface area contributed by atoms with Gasteiger partial charge in [-0.2, -0.15) is 0 Å². The fourth-order valence-electron chi connectivity index (χ4n) is 1.93. The molecular formula is C15H26ClN3O3S. The summed E-state index contributed by atoms with van der Waals surface area (Å²) in [5.74, 6) is -0.114. The highest BCUT2D eigenvalue weighted by Gasteiger charge is 2.18. The molecule has 0 fully saturated rings. The van der Waals surface area contributed by atoms with Crippen LogP contribution >= 0.6 is 12.4 Å². The lowest BCUT2D eigenvalue weighted by molar-refractivity contribution is -0.115. The van der Waals surface area contributed by atoms with E-state index < -0.39 is 10.0 Å². The Morgan fingerprint density at radius 2 is 1.83 bits per heavy atom. The van der Waals surface area contributed by atoms with Crippen molar-refractivity contribution in [2.45, 2.75) is 50.5 Å². The van der Waals surface area contributed by atoms with Crippen molar-refractivity contribution in [3.8, 4) is 0 Å². The predicted octanol–water partition coefficient (Wildman–Crippen LogP) is 2.25. The van der Waals surface area contributed by atoms with E-state index in [4.69, 9.17) is 5.73 Å². The van der Waals surface area contributed by atoms with Crippen molar-refractivity contribution >= 4 is 34.0 Å². The van der Waals surface area contributed by atoms with Gasteiger partial charge in [-0.25, -0.2) is 13.1 Å². The van der Waals surface area contributed by atoms with Gasteiger partial charge in [-0.05, 0) is 30.7 Å². The number of halogens is 1. The molecule has 1 rings (SSSR count). The quantitative estimate of drug-likeness (QED) is 0.626. The molecule has 0 radical (unpaired) electrons. The third kappa shape index (κ3) is 7.30. The summed E-state index contributed by atoms with van der Waals surface area (Å²) in [5, 5.41) is 2.68. The zero-order chi connectivity index (χ0) is 16.6. The van der Waals surface area contributed by atoms with Crippen LogP contribution in [0.5, 0.6) is 0 Å². The molecule has 0 aliphatic heterocycles. The van der Waals surface area contributed by atoms with E-state index in [9.17, 15) is 13.2 Å². The van der Waals surface area contributed by atoms with Gasteiger partial charge in [0.15, 0.2) is 0 Å². The third-order valence-corrected chi connectivity index (χ3v) is 4.82. The minimum absolute atomic E-state index is 0. The molecule has 0 heterocycles. The van der Waals surface area contributed by atoms with Crippen molar-refractivity contribution in [2.75, 3.05) is 11.9 Å². The maximum atomic E-state index is 12.3. The minimum atomic E-state index is -3.60. The first-order chi connectivity index (χ1) is 10.4. The number of anilines is 1. The molecule has 0 aliphatic carbocycles. The number of unbranched alkanes of at least 4 members (excludes halogenated alkanes) is 1. The molecule has 6 nitrogen and oxygen atoms in total. The van der Waals surface area contributed by atoms with Crippen molar-refractivity contribution in [3.63, 3.8) is 0 Å². The molecule has 23 heavy (non-hydrogen) atoms. The molecule has 1 aromatic carbocycles. The summed E-state index contributed by atoms with van der Waals surface area (Å²) in [6, 6.07) is 5.84. The minimum Gasteiger partial charge on any atom is -0.329 e. The highest BCUT2D eigenvalue weighted by molar-refractivity contribution is 7.89. The first kappa shape index (κ1) is 21.9. The second-order valence-electron chi connectivity index (χ2n) is 5.12. The molecule has 1 aromatic rings. The van der Waals surface area contributed by atoms with E-state index >= 15 is 0 Å². The van der Waals surface area contributed by atoms with Gasteiger partial charge in [-0.1, -0.05) is 26.7 Å². The van der Waals surface area contributed by atoms with Crippen molar-refractivity contribution in [2.24, 2.45) is 5.73 Å².